The molecule has 2 aliphatic heterocycles. The molecular formula is C21H23ClN2O4. The van der Waals surface area contributed by atoms with E-state index >= 15 is 0 Å². The molecule has 2 aromatic carbocycles. The third-order valence-electron chi connectivity index (χ3n) is 5.14. The summed E-state index contributed by atoms with van der Waals surface area (Å²) < 4.78 is 16.7. The summed E-state index contributed by atoms with van der Waals surface area (Å²) in [7, 11) is 1.63. The van der Waals surface area contributed by atoms with Crippen molar-refractivity contribution in [2.24, 2.45) is 0 Å². The highest BCUT2D eigenvalue weighted by Crippen LogP contribution is 2.33. The Morgan fingerprint density at radius 2 is 1.68 bits per heavy atom. The highest BCUT2D eigenvalue weighted by Gasteiger charge is 2.50. The van der Waals surface area contributed by atoms with E-state index in [9.17, 15) is 4.79 Å². The number of rotatable bonds is 6. The molecule has 1 amide bonds. The first-order chi connectivity index (χ1) is 13.7. The minimum Gasteiger partial charge on any atom is -0.497 e. The number of β-lactam (4-membered cyclic amide) rings is 1. The van der Waals surface area contributed by atoms with Gasteiger partial charge < -0.3 is 19.1 Å². The van der Waals surface area contributed by atoms with E-state index in [0.717, 1.165) is 31.1 Å². The number of benzene rings is 2. The first kappa shape index (κ1) is 19.1. The summed E-state index contributed by atoms with van der Waals surface area (Å²) in [4.78, 5) is 17.1. The van der Waals surface area contributed by atoms with E-state index in [-0.39, 0.29) is 11.9 Å². The van der Waals surface area contributed by atoms with Crippen molar-refractivity contribution in [2.45, 2.75) is 12.1 Å². The molecule has 2 fully saturated rings. The second kappa shape index (κ2) is 8.39. The second-order valence-electron chi connectivity index (χ2n) is 6.88. The van der Waals surface area contributed by atoms with Gasteiger partial charge in [-0.05, 0) is 48.5 Å². The number of hydrogen-bond acceptors (Lipinski definition) is 5. The summed E-state index contributed by atoms with van der Waals surface area (Å²) in [5.41, 5.74) is 0.847. The first-order valence-corrected chi connectivity index (χ1v) is 9.73. The van der Waals surface area contributed by atoms with Crippen LogP contribution in [0, 0.1) is 0 Å². The molecule has 6 nitrogen and oxygen atoms in total. The minimum atomic E-state index is -0.522. The standard InChI is InChI=1S/C21H23ClN2O4/c1-26-17-8-4-16(5-9-17)24-19(14-23-10-12-27-13-11-23)20(21(24)25)28-18-6-2-15(22)3-7-18/h2-9,19-20H,10-14H2,1H3/t19-,20+/m1/s1. The Kier molecular flexibility index (Phi) is 5.71. The Morgan fingerprint density at radius 3 is 2.32 bits per heavy atom. The molecule has 0 saturated carbocycles. The zero-order chi connectivity index (χ0) is 19.5. The highest BCUT2D eigenvalue weighted by molar-refractivity contribution is 6.30. The Morgan fingerprint density at radius 1 is 1.04 bits per heavy atom. The Bertz CT molecular complexity index is 806. The normalized spacial score (nSPS) is 22.6. The number of carbonyl (C=O) groups excluding carboxylic acids is 1. The number of halogens is 1. The molecular weight excluding hydrogens is 380 g/mol. The van der Waals surface area contributed by atoms with Gasteiger partial charge in [0.2, 0.25) is 0 Å². The van der Waals surface area contributed by atoms with Crippen molar-refractivity contribution in [1.82, 2.24) is 4.90 Å². The first-order valence-electron chi connectivity index (χ1n) is 9.35. The molecule has 2 saturated heterocycles. The third-order valence-corrected chi connectivity index (χ3v) is 5.39. The fourth-order valence-electron chi connectivity index (χ4n) is 3.59. The molecule has 0 bridgehead atoms. The molecule has 0 N–H and O–H groups in total. The largest absolute Gasteiger partial charge is 0.497 e. The Hall–Kier alpha value is -2.28. The number of carbonyl (C=O) groups is 1. The molecule has 0 aromatic heterocycles. The van der Waals surface area contributed by atoms with Gasteiger partial charge >= 0.3 is 0 Å². The molecule has 28 heavy (non-hydrogen) atoms. The van der Waals surface area contributed by atoms with Crippen molar-refractivity contribution in [2.75, 3.05) is 44.9 Å². The van der Waals surface area contributed by atoms with Crippen LogP contribution in [0.3, 0.4) is 0 Å². The van der Waals surface area contributed by atoms with Crippen molar-refractivity contribution >= 4 is 23.2 Å². The van der Waals surface area contributed by atoms with E-state index in [1.165, 1.54) is 0 Å². The molecule has 0 unspecified atom stereocenters. The summed E-state index contributed by atoms with van der Waals surface area (Å²) in [6.45, 7) is 3.88. The average molecular weight is 403 g/mol. The fourth-order valence-corrected chi connectivity index (χ4v) is 3.72. The number of methoxy groups -OCH3 is 1. The number of hydrogen-bond donors (Lipinski definition) is 0. The number of anilines is 1. The van der Waals surface area contributed by atoms with Gasteiger partial charge in [0, 0.05) is 30.3 Å². The van der Waals surface area contributed by atoms with Gasteiger partial charge in [0.1, 0.15) is 11.5 Å². The minimum absolute atomic E-state index is 0.0432. The summed E-state index contributed by atoms with van der Waals surface area (Å²) in [6, 6.07) is 14.6. The zero-order valence-corrected chi connectivity index (χ0v) is 16.5. The van der Waals surface area contributed by atoms with Crippen LogP contribution in [-0.2, 0) is 9.53 Å². The van der Waals surface area contributed by atoms with E-state index in [4.69, 9.17) is 25.8 Å². The molecule has 2 aliphatic rings. The maximum Gasteiger partial charge on any atom is 0.270 e. The molecule has 0 aliphatic carbocycles. The number of morpholine rings is 1. The van der Waals surface area contributed by atoms with E-state index in [1.807, 2.05) is 29.2 Å². The van der Waals surface area contributed by atoms with Crippen molar-refractivity contribution in [3.8, 4) is 11.5 Å². The van der Waals surface area contributed by atoms with Gasteiger partial charge in [-0.3, -0.25) is 9.69 Å². The monoisotopic (exact) mass is 402 g/mol. The maximum atomic E-state index is 12.9. The van der Waals surface area contributed by atoms with Gasteiger partial charge in [-0.2, -0.15) is 0 Å². The summed E-state index contributed by atoms with van der Waals surface area (Å²) in [5, 5.41) is 0.636. The average Bonchev–Trinajstić information content (AvgIpc) is 2.74. The van der Waals surface area contributed by atoms with Crippen LogP contribution < -0.4 is 14.4 Å². The van der Waals surface area contributed by atoms with Gasteiger partial charge in [-0.15, -0.1) is 0 Å². The van der Waals surface area contributed by atoms with Crippen LogP contribution in [0.5, 0.6) is 11.5 Å². The topological polar surface area (TPSA) is 51.2 Å². The molecule has 7 heteroatoms. The number of ether oxygens (including phenoxy) is 3. The number of amides is 1. The molecule has 2 aromatic rings. The zero-order valence-electron chi connectivity index (χ0n) is 15.7. The molecule has 148 valence electrons. The third kappa shape index (κ3) is 3.94. The van der Waals surface area contributed by atoms with Crippen LogP contribution >= 0.6 is 11.6 Å². The second-order valence-corrected chi connectivity index (χ2v) is 7.32. The SMILES string of the molecule is COc1ccc(N2C(=O)[C@@H](Oc3ccc(Cl)cc3)[C@H]2CN2CCOCC2)cc1. The van der Waals surface area contributed by atoms with Crippen molar-refractivity contribution in [1.29, 1.82) is 0 Å². The van der Waals surface area contributed by atoms with Gasteiger partial charge in [0.15, 0.2) is 6.10 Å². The van der Waals surface area contributed by atoms with Gasteiger partial charge in [0.05, 0.1) is 26.4 Å². The van der Waals surface area contributed by atoms with Gasteiger partial charge in [-0.1, -0.05) is 11.6 Å². The molecule has 0 spiro atoms. The smallest absolute Gasteiger partial charge is 0.270 e. The van der Waals surface area contributed by atoms with Crippen molar-refractivity contribution in [3.63, 3.8) is 0 Å². The molecule has 2 atom stereocenters. The van der Waals surface area contributed by atoms with Crippen LogP contribution in [0.1, 0.15) is 0 Å². The summed E-state index contributed by atoms with van der Waals surface area (Å²) in [5.74, 6) is 1.36. The quantitative estimate of drug-likeness (QED) is 0.695. The van der Waals surface area contributed by atoms with Gasteiger partial charge in [0.25, 0.3) is 5.91 Å². The summed E-state index contributed by atoms with van der Waals surface area (Å²) >= 11 is 5.95. The maximum absolute atomic E-state index is 12.9. The molecule has 2 heterocycles. The van der Waals surface area contributed by atoms with Crippen molar-refractivity contribution in [3.05, 3.63) is 53.6 Å². The summed E-state index contributed by atoms with van der Waals surface area (Å²) in [6.07, 6.45) is -0.522. The highest BCUT2D eigenvalue weighted by atomic mass is 35.5. The lowest BCUT2D eigenvalue weighted by Gasteiger charge is -2.48. The molecule has 4 rings (SSSR count). The lowest BCUT2D eigenvalue weighted by Crippen LogP contribution is -2.70. The molecule has 0 radical (unpaired) electrons. The van der Waals surface area contributed by atoms with Crippen LogP contribution in [0.4, 0.5) is 5.69 Å². The predicted octanol–water partition coefficient (Wildman–Crippen LogP) is 2.84. The number of nitrogens with zero attached hydrogens (tertiary/aromatic N) is 2. The lowest BCUT2D eigenvalue weighted by atomic mass is 9.95. The van der Waals surface area contributed by atoms with E-state index in [2.05, 4.69) is 4.90 Å². The Labute approximate surface area is 169 Å². The van der Waals surface area contributed by atoms with Gasteiger partial charge in [-0.25, -0.2) is 0 Å². The van der Waals surface area contributed by atoms with Crippen LogP contribution in [0.15, 0.2) is 48.5 Å². The Balaban J connectivity index is 1.54. The van der Waals surface area contributed by atoms with E-state index < -0.39 is 6.10 Å². The predicted molar refractivity (Wildman–Crippen MR) is 107 cm³/mol. The van der Waals surface area contributed by atoms with Crippen LogP contribution in [-0.4, -0.2) is 62.9 Å². The van der Waals surface area contributed by atoms with Crippen LogP contribution in [0.2, 0.25) is 5.02 Å². The van der Waals surface area contributed by atoms with Crippen molar-refractivity contribution < 1.29 is 19.0 Å². The van der Waals surface area contributed by atoms with E-state index in [0.29, 0.717) is 24.0 Å². The fraction of sp³-hybridized carbons (Fsp3) is 0.381. The van der Waals surface area contributed by atoms with E-state index in [1.54, 1.807) is 31.4 Å². The van der Waals surface area contributed by atoms with Crippen LogP contribution in [0.25, 0.3) is 0 Å². The lowest BCUT2D eigenvalue weighted by molar-refractivity contribution is -0.135.